The third-order valence-electron chi connectivity index (χ3n) is 2.44. The van der Waals surface area contributed by atoms with Crippen molar-refractivity contribution in [3.63, 3.8) is 0 Å². The van der Waals surface area contributed by atoms with Crippen LogP contribution in [0, 0.1) is 0 Å². The highest BCUT2D eigenvalue weighted by Gasteiger charge is 2.19. The zero-order valence-electron chi connectivity index (χ0n) is 9.49. The summed E-state index contributed by atoms with van der Waals surface area (Å²) in [6, 6.07) is 6.65. The second kappa shape index (κ2) is 6.26. The Morgan fingerprint density at radius 2 is 2.11 bits per heavy atom. The van der Waals surface area contributed by atoms with Crippen molar-refractivity contribution < 1.29 is 4.79 Å². The highest BCUT2D eigenvalue weighted by molar-refractivity contribution is 9.11. The molecule has 1 aromatic heterocycles. The van der Waals surface area contributed by atoms with Crippen LogP contribution >= 0.6 is 54.8 Å². The molecule has 100 valence electrons. The predicted molar refractivity (Wildman–Crippen MR) is 86.7 cm³/mol. The molecule has 0 bridgehead atoms. The van der Waals surface area contributed by atoms with Gasteiger partial charge in [-0.1, -0.05) is 11.6 Å². The number of nitrogens with two attached hydrogens (primary N) is 1. The Hall–Kier alpha value is -0.560. The highest BCUT2D eigenvalue weighted by Crippen LogP contribution is 2.30. The minimum atomic E-state index is -0.573. The number of halogens is 3. The van der Waals surface area contributed by atoms with Crippen molar-refractivity contribution in [2.24, 2.45) is 5.73 Å². The molecule has 0 aliphatic heterocycles. The van der Waals surface area contributed by atoms with Gasteiger partial charge in [-0.15, -0.1) is 11.3 Å². The molecule has 7 heteroatoms. The van der Waals surface area contributed by atoms with Crippen molar-refractivity contribution in [3.05, 3.63) is 48.5 Å². The molecule has 0 aliphatic rings. The number of thiophene rings is 1. The molecule has 0 aliphatic carbocycles. The lowest BCUT2D eigenvalue weighted by molar-refractivity contribution is -0.118. The summed E-state index contributed by atoms with van der Waals surface area (Å²) in [6.45, 7) is 0. The fourth-order valence-corrected chi connectivity index (χ4v) is 3.24. The summed E-state index contributed by atoms with van der Waals surface area (Å²) in [5, 5.41) is 5.60. The lowest BCUT2D eigenvalue weighted by atomic mass is 10.1. The van der Waals surface area contributed by atoms with Crippen LogP contribution in [0.3, 0.4) is 0 Å². The van der Waals surface area contributed by atoms with Crippen LogP contribution in [0.1, 0.15) is 11.6 Å². The summed E-state index contributed by atoms with van der Waals surface area (Å²) in [7, 11) is 0. The van der Waals surface area contributed by atoms with Gasteiger partial charge in [-0.25, -0.2) is 0 Å². The Kier molecular flexibility index (Phi) is 4.89. The van der Waals surface area contributed by atoms with Gasteiger partial charge in [0.1, 0.15) is 6.04 Å². The van der Waals surface area contributed by atoms with E-state index in [2.05, 4.69) is 37.2 Å². The molecule has 0 radical (unpaired) electrons. The third-order valence-corrected chi connectivity index (χ3v) is 5.17. The number of anilines is 1. The van der Waals surface area contributed by atoms with Crippen LogP contribution in [0.25, 0.3) is 0 Å². The molecule has 0 saturated heterocycles. The fraction of sp³-hybridized carbons (Fsp3) is 0.0833. The van der Waals surface area contributed by atoms with E-state index < -0.39 is 11.9 Å². The summed E-state index contributed by atoms with van der Waals surface area (Å²) in [6.07, 6.45) is 0. The van der Waals surface area contributed by atoms with Gasteiger partial charge in [0.15, 0.2) is 0 Å². The van der Waals surface area contributed by atoms with Crippen LogP contribution in [-0.4, -0.2) is 5.91 Å². The summed E-state index contributed by atoms with van der Waals surface area (Å²) in [5.41, 5.74) is 7.04. The molecule has 3 N–H and O–H groups in total. The lowest BCUT2D eigenvalue weighted by Gasteiger charge is -2.16. The quantitative estimate of drug-likeness (QED) is 0.756. The lowest BCUT2D eigenvalue weighted by Crippen LogP contribution is -2.27. The summed E-state index contributed by atoms with van der Waals surface area (Å²) < 4.78 is 1.71. The number of hydrogen-bond donors (Lipinski definition) is 2. The molecule has 1 heterocycles. The average Bonchev–Trinajstić information content (AvgIpc) is 2.76. The molecular formula is C12H9Br2ClN2OS. The van der Waals surface area contributed by atoms with Crippen molar-refractivity contribution in [3.8, 4) is 0 Å². The maximum atomic E-state index is 11.6. The predicted octanol–water partition coefficient (Wildman–Crippen LogP) is 4.57. The van der Waals surface area contributed by atoms with E-state index in [1.54, 1.807) is 18.2 Å². The number of carbonyl (C=O) groups is 1. The molecule has 2 aromatic rings. The Balaban J connectivity index is 2.26. The molecule has 0 fully saturated rings. The van der Waals surface area contributed by atoms with Crippen LogP contribution in [0.4, 0.5) is 5.69 Å². The first-order valence-electron chi connectivity index (χ1n) is 5.22. The van der Waals surface area contributed by atoms with Crippen LogP contribution in [0.5, 0.6) is 0 Å². The smallest absolute Gasteiger partial charge is 0.244 e. The van der Waals surface area contributed by atoms with Crippen molar-refractivity contribution in [2.45, 2.75) is 6.04 Å². The number of rotatable bonds is 4. The van der Waals surface area contributed by atoms with Gasteiger partial charge in [-0.2, -0.15) is 0 Å². The average molecular weight is 425 g/mol. The molecule has 1 amide bonds. The Morgan fingerprint density at radius 3 is 2.63 bits per heavy atom. The zero-order chi connectivity index (χ0) is 14.0. The van der Waals surface area contributed by atoms with Gasteiger partial charge in [0.05, 0.1) is 8.81 Å². The topological polar surface area (TPSA) is 55.1 Å². The molecule has 2 rings (SSSR count). The minimum Gasteiger partial charge on any atom is -0.370 e. The van der Waals surface area contributed by atoms with E-state index in [4.69, 9.17) is 17.3 Å². The molecule has 1 atom stereocenters. The first-order chi connectivity index (χ1) is 8.97. The standard InChI is InChI=1S/C12H9Br2ClN2OS/c13-8-4-7(1-2-9(8)15)17-11(12(16)18)6-3-10(14)19-5-6/h1-5,11,17H,(H2,16,18). The molecular weight excluding hydrogens is 415 g/mol. The van der Waals surface area contributed by atoms with E-state index in [1.165, 1.54) is 11.3 Å². The zero-order valence-corrected chi connectivity index (χ0v) is 14.2. The van der Waals surface area contributed by atoms with Crippen LogP contribution in [0.2, 0.25) is 5.02 Å². The molecule has 0 spiro atoms. The van der Waals surface area contributed by atoms with Crippen molar-refractivity contribution >= 4 is 66.4 Å². The molecule has 1 unspecified atom stereocenters. The van der Waals surface area contributed by atoms with E-state index in [9.17, 15) is 4.79 Å². The van der Waals surface area contributed by atoms with Gasteiger partial charge in [0, 0.05) is 10.2 Å². The summed E-state index contributed by atoms with van der Waals surface area (Å²) in [5.74, 6) is -0.434. The third kappa shape index (κ3) is 3.72. The van der Waals surface area contributed by atoms with Crippen LogP contribution in [-0.2, 0) is 4.79 Å². The normalized spacial score (nSPS) is 12.2. The van der Waals surface area contributed by atoms with Gasteiger partial charge in [-0.05, 0) is 67.1 Å². The first kappa shape index (κ1) is 14.8. The van der Waals surface area contributed by atoms with E-state index in [0.29, 0.717) is 5.02 Å². The van der Waals surface area contributed by atoms with Gasteiger partial charge >= 0.3 is 0 Å². The van der Waals surface area contributed by atoms with Gasteiger partial charge < -0.3 is 11.1 Å². The van der Waals surface area contributed by atoms with Crippen molar-refractivity contribution in [2.75, 3.05) is 5.32 Å². The van der Waals surface area contributed by atoms with E-state index in [-0.39, 0.29) is 0 Å². The number of nitrogens with one attached hydrogen (secondary N) is 1. The largest absolute Gasteiger partial charge is 0.370 e. The van der Waals surface area contributed by atoms with E-state index >= 15 is 0 Å². The molecule has 19 heavy (non-hydrogen) atoms. The second-order valence-corrected chi connectivity index (χ2v) is 7.34. The van der Waals surface area contributed by atoms with Crippen LogP contribution < -0.4 is 11.1 Å². The minimum absolute atomic E-state index is 0.434. The van der Waals surface area contributed by atoms with Crippen LogP contribution in [0.15, 0.2) is 37.9 Å². The fourth-order valence-electron chi connectivity index (χ4n) is 1.55. The van der Waals surface area contributed by atoms with Crippen molar-refractivity contribution in [1.82, 2.24) is 0 Å². The monoisotopic (exact) mass is 422 g/mol. The summed E-state index contributed by atoms with van der Waals surface area (Å²) >= 11 is 14.1. The van der Waals surface area contributed by atoms with Crippen molar-refractivity contribution in [1.29, 1.82) is 0 Å². The number of benzene rings is 1. The maximum Gasteiger partial charge on any atom is 0.244 e. The first-order valence-corrected chi connectivity index (χ1v) is 8.06. The Bertz CT molecular complexity index is 618. The van der Waals surface area contributed by atoms with E-state index in [0.717, 1.165) is 19.5 Å². The number of amides is 1. The summed E-state index contributed by atoms with van der Waals surface area (Å²) in [4.78, 5) is 11.6. The number of carbonyl (C=O) groups excluding carboxylic acids is 1. The Labute approximate surface area is 136 Å². The van der Waals surface area contributed by atoms with Gasteiger partial charge in [0.2, 0.25) is 5.91 Å². The maximum absolute atomic E-state index is 11.6. The molecule has 3 nitrogen and oxygen atoms in total. The van der Waals surface area contributed by atoms with Gasteiger partial charge in [0.25, 0.3) is 0 Å². The Morgan fingerprint density at radius 1 is 1.37 bits per heavy atom. The highest BCUT2D eigenvalue weighted by atomic mass is 79.9. The SMILES string of the molecule is NC(=O)C(Nc1ccc(Cl)c(Br)c1)c1csc(Br)c1. The molecule has 1 aromatic carbocycles. The number of primary amides is 1. The van der Waals surface area contributed by atoms with E-state index in [1.807, 2.05) is 11.4 Å². The second-order valence-electron chi connectivity index (χ2n) is 3.79. The number of hydrogen-bond acceptors (Lipinski definition) is 3. The molecule has 0 saturated carbocycles. The van der Waals surface area contributed by atoms with Gasteiger partial charge in [-0.3, -0.25) is 4.79 Å².